The van der Waals surface area contributed by atoms with E-state index in [4.69, 9.17) is 18.3 Å². The summed E-state index contributed by atoms with van der Waals surface area (Å²) in [5.74, 6) is -0.271. The minimum absolute atomic E-state index is 0.0658. The Hall–Kier alpha value is -0.693. The summed E-state index contributed by atoms with van der Waals surface area (Å²) in [6.07, 6.45) is 4.24. The van der Waals surface area contributed by atoms with Crippen LogP contribution in [0.2, 0.25) is 6.04 Å². The van der Waals surface area contributed by atoms with Crippen LogP contribution in [0.4, 0.5) is 0 Å². The predicted molar refractivity (Wildman–Crippen MR) is 96.9 cm³/mol. The average molecular weight is 359 g/mol. The predicted octanol–water partition coefficient (Wildman–Crippen LogP) is 3.75. The second kappa shape index (κ2) is 9.13. The molecule has 24 heavy (non-hydrogen) atoms. The molecule has 6 heteroatoms. The molecule has 1 heterocycles. The third kappa shape index (κ3) is 3.77. The normalized spacial score (nSPS) is 27.5. The summed E-state index contributed by atoms with van der Waals surface area (Å²) < 4.78 is 23.9. The van der Waals surface area contributed by atoms with Crippen LogP contribution in [-0.4, -0.2) is 47.2 Å². The van der Waals surface area contributed by atoms with Gasteiger partial charge in [-0.05, 0) is 32.2 Å². The van der Waals surface area contributed by atoms with Crippen molar-refractivity contribution in [2.24, 2.45) is 5.92 Å². The van der Waals surface area contributed by atoms with Crippen molar-refractivity contribution < 1.29 is 23.1 Å². The Balaban J connectivity index is 3.29. The third-order valence-electron chi connectivity index (χ3n) is 5.37. The highest BCUT2D eigenvalue weighted by molar-refractivity contribution is 6.70. The van der Waals surface area contributed by atoms with Gasteiger partial charge in [0.2, 0.25) is 0 Å². The fraction of sp³-hybridized carbons (Fsp3) is 0.833. The van der Waals surface area contributed by atoms with Gasteiger partial charge in [-0.2, -0.15) is 0 Å². The van der Waals surface area contributed by atoms with E-state index in [0.29, 0.717) is 5.57 Å². The van der Waals surface area contributed by atoms with Crippen LogP contribution < -0.4 is 0 Å². The van der Waals surface area contributed by atoms with E-state index in [1.165, 1.54) is 0 Å². The van der Waals surface area contributed by atoms with Gasteiger partial charge in [0.25, 0.3) is 0 Å². The zero-order valence-electron chi connectivity index (χ0n) is 16.1. The molecule has 140 valence electrons. The largest absolute Gasteiger partial charge is 0.459 e. The lowest BCUT2D eigenvalue weighted by molar-refractivity contribution is -0.156. The molecule has 1 saturated heterocycles. The first kappa shape index (κ1) is 21.3. The molecule has 0 aliphatic carbocycles. The highest BCUT2D eigenvalue weighted by atomic mass is 28.4. The summed E-state index contributed by atoms with van der Waals surface area (Å²) in [7, 11) is 2.60. The van der Waals surface area contributed by atoms with Crippen molar-refractivity contribution in [1.82, 2.24) is 0 Å². The van der Waals surface area contributed by atoms with Crippen molar-refractivity contribution >= 4 is 14.5 Å². The molecule has 5 nitrogen and oxygen atoms in total. The van der Waals surface area contributed by atoms with E-state index in [2.05, 4.69) is 13.5 Å². The molecular weight excluding hydrogens is 324 g/mol. The Bertz CT molecular complexity index is 435. The molecule has 0 aromatic carbocycles. The van der Waals surface area contributed by atoms with Gasteiger partial charge in [0.05, 0.1) is 0 Å². The maximum Gasteiger partial charge on any atom is 0.371 e. The Morgan fingerprint density at radius 2 is 1.92 bits per heavy atom. The maximum atomic E-state index is 12.1. The lowest BCUT2D eigenvalue weighted by Crippen LogP contribution is -2.70. The number of hydrogen-bond acceptors (Lipinski definition) is 5. The fourth-order valence-corrected chi connectivity index (χ4v) is 8.44. The number of ether oxygens (including phenoxy) is 2. The number of esters is 1. The van der Waals surface area contributed by atoms with E-state index < -0.39 is 13.8 Å². The molecule has 0 spiro atoms. The van der Waals surface area contributed by atoms with Crippen LogP contribution in [0.3, 0.4) is 0 Å². The number of rotatable bonds is 9. The zero-order chi connectivity index (χ0) is 18.4. The van der Waals surface area contributed by atoms with Gasteiger partial charge in [0, 0.05) is 32.8 Å². The zero-order valence-corrected chi connectivity index (χ0v) is 17.1. The smallest absolute Gasteiger partial charge is 0.371 e. The Morgan fingerprint density at radius 1 is 1.29 bits per heavy atom. The molecule has 0 N–H and O–H groups in total. The minimum Gasteiger partial charge on any atom is -0.459 e. The molecular formula is C18H34O5Si. The lowest BCUT2D eigenvalue weighted by atomic mass is 9.85. The van der Waals surface area contributed by atoms with Gasteiger partial charge in [-0.25, -0.2) is 4.79 Å². The Labute approximate surface area is 147 Å². The van der Waals surface area contributed by atoms with Crippen molar-refractivity contribution in [1.29, 1.82) is 0 Å². The monoisotopic (exact) mass is 358 g/mol. The van der Waals surface area contributed by atoms with Crippen LogP contribution in [0.15, 0.2) is 12.2 Å². The summed E-state index contributed by atoms with van der Waals surface area (Å²) in [6.45, 7) is 9.55. The van der Waals surface area contributed by atoms with E-state index in [0.717, 1.165) is 38.1 Å². The van der Waals surface area contributed by atoms with Crippen LogP contribution in [0.5, 0.6) is 0 Å². The Kier molecular flexibility index (Phi) is 8.12. The van der Waals surface area contributed by atoms with Gasteiger partial charge in [0.1, 0.15) is 11.3 Å². The summed E-state index contributed by atoms with van der Waals surface area (Å²) in [6, 6.07) is 0.898. The van der Waals surface area contributed by atoms with Gasteiger partial charge in [-0.3, -0.25) is 0 Å². The van der Waals surface area contributed by atoms with E-state index in [-0.39, 0.29) is 18.0 Å². The third-order valence-corrected chi connectivity index (χ3v) is 9.81. The molecule has 0 saturated carbocycles. The fourth-order valence-electron chi connectivity index (χ4n) is 4.25. The first-order valence-corrected chi connectivity index (χ1v) is 10.9. The van der Waals surface area contributed by atoms with Crippen molar-refractivity contribution in [3.63, 3.8) is 0 Å². The minimum atomic E-state index is -2.59. The van der Waals surface area contributed by atoms with Gasteiger partial charge < -0.3 is 18.3 Å². The van der Waals surface area contributed by atoms with Crippen LogP contribution in [0.1, 0.15) is 52.9 Å². The summed E-state index contributed by atoms with van der Waals surface area (Å²) in [5.41, 5.74) is 0.421. The number of carbonyl (C=O) groups excluding carboxylic acids is 1. The van der Waals surface area contributed by atoms with Crippen molar-refractivity contribution in [2.75, 3.05) is 21.3 Å². The molecule has 0 aromatic rings. The van der Waals surface area contributed by atoms with E-state index in [1.807, 2.05) is 6.92 Å². The summed E-state index contributed by atoms with van der Waals surface area (Å²) >= 11 is 0. The van der Waals surface area contributed by atoms with Crippen molar-refractivity contribution in [3.05, 3.63) is 12.2 Å². The van der Waals surface area contributed by atoms with Crippen LogP contribution >= 0.6 is 0 Å². The molecule has 1 aliphatic rings. The van der Waals surface area contributed by atoms with Crippen molar-refractivity contribution in [3.8, 4) is 0 Å². The molecule has 3 atom stereocenters. The van der Waals surface area contributed by atoms with E-state index >= 15 is 0 Å². The van der Waals surface area contributed by atoms with Gasteiger partial charge in [0.15, 0.2) is 0 Å². The van der Waals surface area contributed by atoms with Crippen LogP contribution in [-0.2, 0) is 23.1 Å². The van der Waals surface area contributed by atoms with Crippen molar-refractivity contribution in [2.45, 2.75) is 70.2 Å². The second-order valence-electron chi connectivity index (χ2n) is 6.64. The number of methoxy groups -OCH3 is 1. The Morgan fingerprint density at radius 3 is 2.33 bits per heavy atom. The summed E-state index contributed by atoms with van der Waals surface area (Å²) in [5, 5.41) is -0.514. The maximum absolute atomic E-state index is 12.1. The summed E-state index contributed by atoms with van der Waals surface area (Å²) in [4.78, 5) is 12.1. The van der Waals surface area contributed by atoms with E-state index in [9.17, 15) is 4.79 Å². The average Bonchev–Trinajstić information content (AvgIpc) is 2.59. The lowest BCUT2D eigenvalue weighted by Gasteiger charge is -2.53. The second-order valence-corrected chi connectivity index (χ2v) is 10.3. The molecule has 1 fully saturated rings. The molecule has 0 bridgehead atoms. The molecule has 0 aromatic heterocycles. The standard InChI is InChI=1S/C18H34O5Si/c1-8-12-18(20-5)15(11-10-13-24(18,21-6)22-7)16(9-2)23-17(19)14(3)4/h15-16H,3,8-13H2,1-2,4-7H3. The molecule has 0 amide bonds. The van der Waals surface area contributed by atoms with Gasteiger partial charge in [-0.1, -0.05) is 33.3 Å². The highest BCUT2D eigenvalue weighted by Crippen LogP contribution is 2.48. The number of hydrogen-bond donors (Lipinski definition) is 0. The molecule has 3 unspecified atom stereocenters. The van der Waals surface area contributed by atoms with Crippen LogP contribution in [0.25, 0.3) is 0 Å². The molecule has 0 radical (unpaired) electrons. The SMILES string of the molecule is C=C(C)C(=O)OC(CC)C1CCC[Si](OC)(OC)C1(CCC)OC. The highest BCUT2D eigenvalue weighted by Gasteiger charge is 2.64. The van der Waals surface area contributed by atoms with Gasteiger partial charge in [-0.15, -0.1) is 0 Å². The van der Waals surface area contributed by atoms with E-state index in [1.54, 1.807) is 28.3 Å². The van der Waals surface area contributed by atoms with Crippen LogP contribution in [0, 0.1) is 5.92 Å². The quantitative estimate of drug-likeness (QED) is 0.357. The number of carbonyl (C=O) groups is 1. The molecule has 1 aliphatic heterocycles. The van der Waals surface area contributed by atoms with Gasteiger partial charge >= 0.3 is 14.5 Å². The first-order chi connectivity index (χ1) is 11.4. The molecule has 1 rings (SSSR count). The first-order valence-electron chi connectivity index (χ1n) is 8.89. The topological polar surface area (TPSA) is 54.0 Å².